The molecule has 110 valence electrons. The van der Waals surface area contributed by atoms with Crippen LogP contribution in [0.1, 0.15) is 18.9 Å². The maximum atomic E-state index is 12.2. The molecule has 0 spiro atoms. The summed E-state index contributed by atoms with van der Waals surface area (Å²) in [6.45, 7) is 1.95. The van der Waals surface area contributed by atoms with E-state index in [0.717, 1.165) is 10.9 Å². The lowest BCUT2D eigenvalue weighted by molar-refractivity contribution is -0.130. The molecule has 3 N–H and O–H groups in total. The highest BCUT2D eigenvalue weighted by Crippen LogP contribution is 2.32. The van der Waals surface area contributed by atoms with Crippen molar-refractivity contribution in [1.29, 1.82) is 5.41 Å². The van der Waals surface area contributed by atoms with Crippen molar-refractivity contribution < 1.29 is 9.90 Å². The number of β-amino-alcohol motifs (C(OH)–C–C–N with tert-alkyl or cyclic N) is 1. The molecule has 0 bridgehead atoms. The third-order valence-corrected chi connectivity index (χ3v) is 4.78. The zero-order chi connectivity index (χ0) is 15.0. The van der Waals surface area contributed by atoms with E-state index in [1.165, 1.54) is 9.60 Å². The second kappa shape index (κ2) is 5.13. The van der Waals surface area contributed by atoms with Gasteiger partial charge in [0, 0.05) is 4.70 Å². The average Bonchev–Trinajstić information content (AvgIpc) is 2.90. The van der Waals surface area contributed by atoms with Gasteiger partial charge in [0.2, 0.25) is 5.91 Å². The van der Waals surface area contributed by atoms with Gasteiger partial charge in [-0.1, -0.05) is 6.07 Å². The van der Waals surface area contributed by atoms with Gasteiger partial charge in [-0.3, -0.25) is 15.1 Å². The van der Waals surface area contributed by atoms with E-state index in [4.69, 9.17) is 10.5 Å². The number of nitrogens with one attached hydrogen (secondary N) is 2. The summed E-state index contributed by atoms with van der Waals surface area (Å²) in [6.07, 6.45) is 0.269. The number of carbonyl (C=O) groups is 1. The van der Waals surface area contributed by atoms with Gasteiger partial charge >= 0.3 is 0 Å². The normalized spacial score (nSPS) is 22.7. The Morgan fingerprint density at radius 1 is 1.48 bits per heavy atom. The molecule has 1 aliphatic rings. The first-order chi connectivity index (χ1) is 10.0. The molecule has 1 aromatic carbocycles. The third kappa shape index (κ3) is 2.41. The highest BCUT2D eigenvalue weighted by molar-refractivity contribution is 7.17. The van der Waals surface area contributed by atoms with E-state index < -0.39 is 5.54 Å². The van der Waals surface area contributed by atoms with Crippen LogP contribution < -0.4 is 5.32 Å². The summed E-state index contributed by atoms with van der Waals surface area (Å²) in [5.74, 6) is -0.0890. The molecular weight excluding hydrogens is 286 g/mol. The van der Waals surface area contributed by atoms with Crippen LogP contribution in [0, 0.1) is 5.41 Å². The van der Waals surface area contributed by atoms with Crippen LogP contribution in [0.15, 0.2) is 29.6 Å². The van der Waals surface area contributed by atoms with Crippen molar-refractivity contribution in [1.82, 2.24) is 10.2 Å². The Morgan fingerprint density at radius 3 is 3.00 bits per heavy atom. The largest absolute Gasteiger partial charge is 0.395 e. The van der Waals surface area contributed by atoms with Crippen LogP contribution in [-0.2, 0) is 10.3 Å². The Balaban J connectivity index is 1.93. The number of hydrogen-bond acceptors (Lipinski definition) is 4. The van der Waals surface area contributed by atoms with E-state index in [1.54, 1.807) is 11.3 Å². The summed E-state index contributed by atoms with van der Waals surface area (Å²) in [5.41, 5.74) is 0.408. The molecule has 2 aromatic rings. The number of thiophene rings is 1. The smallest absolute Gasteiger partial charge is 0.232 e. The third-order valence-electron chi connectivity index (χ3n) is 3.88. The van der Waals surface area contributed by atoms with Gasteiger partial charge in [-0.05, 0) is 41.5 Å². The minimum absolute atomic E-state index is 0.0493. The summed E-state index contributed by atoms with van der Waals surface area (Å²) in [7, 11) is 0. The van der Waals surface area contributed by atoms with Gasteiger partial charge < -0.3 is 10.4 Å². The highest BCUT2D eigenvalue weighted by Gasteiger charge is 2.39. The zero-order valence-electron chi connectivity index (χ0n) is 11.7. The number of aliphatic hydroxyl groups excluding tert-OH is 1. The Morgan fingerprint density at radius 2 is 2.29 bits per heavy atom. The minimum atomic E-state index is -0.587. The van der Waals surface area contributed by atoms with Crippen molar-refractivity contribution >= 4 is 33.3 Å². The molecule has 1 fully saturated rings. The number of amides is 1. The molecule has 2 heterocycles. The van der Waals surface area contributed by atoms with Crippen molar-refractivity contribution in [2.24, 2.45) is 0 Å². The first-order valence-corrected chi connectivity index (χ1v) is 7.67. The Bertz CT molecular complexity index is 692. The van der Waals surface area contributed by atoms with Crippen LogP contribution >= 0.6 is 11.3 Å². The summed E-state index contributed by atoms with van der Waals surface area (Å²) in [6, 6.07) is 8.19. The summed E-state index contributed by atoms with van der Waals surface area (Å²) < 4.78 is 1.21. The first kappa shape index (κ1) is 14.0. The standard InChI is InChI=1S/C15H17N3O2S/c1-15(9-13(20)18(5-6-19)14(16)17-15)11-2-3-12-10(8-11)4-7-21-12/h2-4,7-8,19H,5-6,9H2,1H3,(H2,16,17). The van der Waals surface area contributed by atoms with Gasteiger partial charge in [0.05, 0.1) is 25.1 Å². The maximum Gasteiger partial charge on any atom is 0.232 e. The van der Waals surface area contributed by atoms with Crippen molar-refractivity contribution in [3.8, 4) is 0 Å². The fourth-order valence-corrected chi connectivity index (χ4v) is 3.49. The Hall–Kier alpha value is -1.92. The van der Waals surface area contributed by atoms with Crippen LogP contribution in [0.4, 0.5) is 0 Å². The fourth-order valence-electron chi connectivity index (χ4n) is 2.72. The second-order valence-electron chi connectivity index (χ2n) is 5.42. The quantitative estimate of drug-likeness (QED) is 0.810. The van der Waals surface area contributed by atoms with Gasteiger partial charge in [-0.25, -0.2) is 0 Å². The topological polar surface area (TPSA) is 76.4 Å². The fraction of sp³-hybridized carbons (Fsp3) is 0.333. The van der Waals surface area contributed by atoms with Crippen LogP contribution in [0.2, 0.25) is 0 Å². The number of guanidine groups is 1. The zero-order valence-corrected chi connectivity index (χ0v) is 12.5. The lowest BCUT2D eigenvalue weighted by Gasteiger charge is -2.40. The van der Waals surface area contributed by atoms with E-state index in [1.807, 2.05) is 18.4 Å². The molecule has 1 aromatic heterocycles. The minimum Gasteiger partial charge on any atom is -0.395 e. The predicted octanol–water partition coefficient (Wildman–Crippen LogP) is 1.87. The molecule has 1 saturated heterocycles. The number of fused-ring (bicyclic) bond motifs is 1. The molecule has 0 aliphatic carbocycles. The van der Waals surface area contributed by atoms with E-state index in [2.05, 4.69) is 23.5 Å². The molecule has 21 heavy (non-hydrogen) atoms. The van der Waals surface area contributed by atoms with Crippen LogP contribution in [0.3, 0.4) is 0 Å². The summed E-state index contributed by atoms with van der Waals surface area (Å²) in [4.78, 5) is 13.5. The number of rotatable bonds is 3. The molecule has 0 radical (unpaired) electrons. The van der Waals surface area contributed by atoms with Crippen LogP contribution in [0.25, 0.3) is 10.1 Å². The van der Waals surface area contributed by atoms with Gasteiger partial charge in [0.1, 0.15) is 0 Å². The maximum absolute atomic E-state index is 12.2. The first-order valence-electron chi connectivity index (χ1n) is 6.79. The number of carbonyl (C=O) groups excluding carboxylic acids is 1. The van der Waals surface area contributed by atoms with Crippen LogP contribution in [-0.4, -0.2) is 35.0 Å². The van der Waals surface area contributed by atoms with Crippen molar-refractivity contribution in [2.75, 3.05) is 13.2 Å². The average molecular weight is 303 g/mol. The molecule has 0 saturated carbocycles. The molecule has 1 amide bonds. The van der Waals surface area contributed by atoms with Gasteiger partial charge in [0.15, 0.2) is 5.96 Å². The SMILES string of the molecule is CC1(c2ccc3sccc3c2)CC(=O)N(CCO)C(=N)N1. The van der Waals surface area contributed by atoms with Crippen molar-refractivity contribution in [3.63, 3.8) is 0 Å². The summed E-state index contributed by atoms with van der Waals surface area (Å²) in [5, 5.41) is 23.3. The molecule has 1 unspecified atom stereocenters. The monoisotopic (exact) mass is 303 g/mol. The molecule has 1 atom stereocenters. The highest BCUT2D eigenvalue weighted by atomic mass is 32.1. The predicted molar refractivity (Wildman–Crippen MR) is 83.5 cm³/mol. The molecular formula is C15H17N3O2S. The summed E-state index contributed by atoms with van der Waals surface area (Å²) >= 11 is 1.68. The number of nitrogens with zero attached hydrogens (tertiary/aromatic N) is 1. The lowest BCUT2D eigenvalue weighted by atomic mass is 9.86. The van der Waals surface area contributed by atoms with Crippen molar-refractivity contribution in [2.45, 2.75) is 18.9 Å². The van der Waals surface area contributed by atoms with Gasteiger partial charge in [0.25, 0.3) is 0 Å². The number of benzene rings is 1. The Kier molecular flexibility index (Phi) is 3.43. The van der Waals surface area contributed by atoms with Gasteiger partial charge in [-0.15, -0.1) is 11.3 Å². The van der Waals surface area contributed by atoms with Gasteiger partial charge in [-0.2, -0.15) is 0 Å². The van der Waals surface area contributed by atoms with Crippen molar-refractivity contribution in [3.05, 3.63) is 35.2 Å². The van der Waals surface area contributed by atoms with E-state index in [9.17, 15) is 4.79 Å². The van der Waals surface area contributed by atoms with E-state index in [-0.39, 0.29) is 31.4 Å². The van der Waals surface area contributed by atoms with Crippen LogP contribution in [0.5, 0.6) is 0 Å². The van der Waals surface area contributed by atoms with E-state index >= 15 is 0 Å². The number of hydrogen-bond donors (Lipinski definition) is 3. The molecule has 1 aliphatic heterocycles. The molecule has 5 nitrogen and oxygen atoms in total. The molecule has 6 heteroatoms. The number of aliphatic hydroxyl groups is 1. The Labute approximate surface area is 126 Å². The lowest BCUT2D eigenvalue weighted by Crippen LogP contribution is -2.59. The second-order valence-corrected chi connectivity index (χ2v) is 6.37. The van der Waals surface area contributed by atoms with E-state index in [0.29, 0.717) is 0 Å². The molecule has 3 rings (SSSR count).